The van der Waals surface area contributed by atoms with Crippen LogP contribution in [0.5, 0.6) is 0 Å². The number of benzene rings is 4. The number of hydrogen-bond donors (Lipinski definition) is 0. The molecule has 1 aliphatic heterocycles. The van der Waals surface area contributed by atoms with Gasteiger partial charge in [-0.05, 0) is 91.9 Å². The fraction of sp³-hybridized carbons (Fsp3) is 0.227. The third-order valence-corrected chi connectivity index (χ3v) is 10.4. The van der Waals surface area contributed by atoms with Crippen LogP contribution >= 0.6 is 0 Å². The first-order valence-corrected chi connectivity index (χ1v) is 16.6. The Kier molecular flexibility index (Phi) is 6.45. The fourth-order valence-electron chi connectivity index (χ4n) is 7.93. The molecule has 2 aliphatic rings. The summed E-state index contributed by atoms with van der Waals surface area (Å²) in [7, 11) is 2.13. The number of aryl methyl sites for hydroxylation is 1. The SMILES string of the molecule is C[n+]1ccccc1-c1ccccc1C/C=C1/Cc2cc3c(cc2-c2cc(C(C)(C)C)cc[n+]21)C(C)(C)c1c-3ccc2ccccc12. The Morgan fingerprint density at radius 1 is 0.717 bits per heavy atom. The highest BCUT2D eigenvalue weighted by Crippen LogP contribution is 2.53. The van der Waals surface area contributed by atoms with Gasteiger partial charge in [0, 0.05) is 35.2 Å². The van der Waals surface area contributed by atoms with Crippen molar-refractivity contribution in [2.24, 2.45) is 7.05 Å². The summed E-state index contributed by atoms with van der Waals surface area (Å²) in [6, 6.07) is 38.6. The number of fused-ring (bicyclic) bond motifs is 8. The third-order valence-electron chi connectivity index (χ3n) is 10.4. The molecule has 0 radical (unpaired) electrons. The molecule has 2 heteroatoms. The van der Waals surface area contributed by atoms with Gasteiger partial charge in [0.1, 0.15) is 7.05 Å². The van der Waals surface area contributed by atoms with Crippen molar-refractivity contribution in [2.75, 3.05) is 0 Å². The maximum absolute atomic E-state index is 2.53. The first-order valence-electron chi connectivity index (χ1n) is 16.6. The second kappa shape index (κ2) is 10.4. The van der Waals surface area contributed by atoms with E-state index in [9.17, 15) is 0 Å². The van der Waals surface area contributed by atoms with Crippen molar-refractivity contribution >= 4 is 16.5 Å². The Bertz CT molecular complexity index is 2220. The summed E-state index contributed by atoms with van der Waals surface area (Å²) in [6.07, 6.45) is 8.68. The molecule has 1 aliphatic carbocycles. The number of pyridine rings is 2. The van der Waals surface area contributed by atoms with Crippen LogP contribution in [-0.4, -0.2) is 0 Å². The molecule has 0 amide bonds. The van der Waals surface area contributed by atoms with Gasteiger partial charge in [-0.2, -0.15) is 4.57 Å². The molecule has 3 heterocycles. The molecule has 4 aromatic carbocycles. The van der Waals surface area contributed by atoms with E-state index in [1.807, 2.05) is 0 Å². The molecule has 0 spiro atoms. The number of aromatic nitrogens is 2. The van der Waals surface area contributed by atoms with Gasteiger partial charge >= 0.3 is 0 Å². The molecule has 0 saturated carbocycles. The average Bonchev–Trinajstić information content (AvgIpc) is 3.28. The normalized spacial score (nSPS) is 15.4. The van der Waals surface area contributed by atoms with Crippen LogP contribution in [-0.2, 0) is 30.7 Å². The van der Waals surface area contributed by atoms with Crippen molar-refractivity contribution in [1.29, 1.82) is 0 Å². The van der Waals surface area contributed by atoms with E-state index in [-0.39, 0.29) is 10.8 Å². The lowest BCUT2D eigenvalue weighted by atomic mass is 9.78. The highest BCUT2D eigenvalue weighted by molar-refractivity contribution is 5.98. The minimum atomic E-state index is -0.0829. The van der Waals surface area contributed by atoms with Gasteiger partial charge in [0.15, 0.2) is 18.1 Å². The van der Waals surface area contributed by atoms with Crippen LogP contribution in [0, 0.1) is 0 Å². The molecular formula is C44H42N2+2. The zero-order valence-electron chi connectivity index (χ0n) is 27.9. The summed E-state index contributed by atoms with van der Waals surface area (Å²) in [4.78, 5) is 0. The predicted molar refractivity (Wildman–Crippen MR) is 191 cm³/mol. The van der Waals surface area contributed by atoms with E-state index >= 15 is 0 Å². The lowest BCUT2D eigenvalue weighted by Gasteiger charge is -2.26. The maximum Gasteiger partial charge on any atom is 0.218 e. The third kappa shape index (κ3) is 4.46. The van der Waals surface area contributed by atoms with Crippen molar-refractivity contribution in [3.05, 3.63) is 149 Å². The van der Waals surface area contributed by atoms with Crippen molar-refractivity contribution in [2.45, 2.75) is 58.3 Å². The molecule has 2 aromatic heterocycles. The van der Waals surface area contributed by atoms with E-state index in [1.54, 1.807) is 0 Å². The van der Waals surface area contributed by atoms with Gasteiger partial charge in [0.25, 0.3) is 0 Å². The molecule has 0 saturated heterocycles. The molecule has 226 valence electrons. The van der Waals surface area contributed by atoms with Gasteiger partial charge in [-0.25, -0.2) is 4.57 Å². The van der Waals surface area contributed by atoms with Gasteiger partial charge in [-0.15, -0.1) is 0 Å². The van der Waals surface area contributed by atoms with Crippen LogP contribution in [0.2, 0.25) is 0 Å². The minimum absolute atomic E-state index is 0.0619. The summed E-state index contributed by atoms with van der Waals surface area (Å²) in [5, 5.41) is 2.69. The second-order valence-corrected chi connectivity index (χ2v) is 14.7. The number of nitrogens with zero attached hydrogens (tertiary/aromatic N) is 2. The summed E-state index contributed by atoms with van der Waals surface area (Å²) in [5.41, 5.74) is 16.3. The van der Waals surface area contributed by atoms with Crippen LogP contribution < -0.4 is 9.13 Å². The van der Waals surface area contributed by atoms with Crippen LogP contribution in [0.1, 0.15) is 62.4 Å². The Morgan fingerprint density at radius 2 is 1.50 bits per heavy atom. The topological polar surface area (TPSA) is 7.76 Å². The standard InChI is InChI=1S/C44H42N2/c1-43(2,3)32-22-24-46-33(20-18-29-13-7-9-15-34(29)40-17-11-12-23-45(40)6)25-31-26-38-36-21-19-30-14-8-10-16-35(30)42(36)44(4,5)39(38)28-37(31)41(46)27-32/h7-17,19-24,26-28H,18,25H2,1-6H3/q+2/b33-20-. The largest absolute Gasteiger partial charge is 0.218 e. The van der Waals surface area contributed by atoms with E-state index in [4.69, 9.17) is 0 Å². The first kappa shape index (κ1) is 28.6. The minimum Gasteiger partial charge on any atom is -0.201 e. The van der Waals surface area contributed by atoms with E-state index in [0.29, 0.717) is 0 Å². The number of allylic oxidation sites excluding steroid dienone is 2. The van der Waals surface area contributed by atoms with Gasteiger partial charge in [-0.3, -0.25) is 0 Å². The molecule has 46 heavy (non-hydrogen) atoms. The van der Waals surface area contributed by atoms with Crippen molar-refractivity contribution in [1.82, 2.24) is 0 Å². The van der Waals surface area contributed by atoms with Crippen LogP contribution in [0.25, 0.3) is 50.1 Å². The lowest BCUT2D eigenvalue weighted by molar-refractivity contribution is -0.660. The van der Waals surface area contributed by atoms with E-state index in [1.165, 1.54) is 77.9 Å². The van der Waals surface area contributed by atoms with E-state index in [2.05, 4.69) is 172 Å². The molecule has 0 fully saturated rings. The molecular weight excluding hydrogens is 556 g/mol. The van der Waals surface area contributed by atoms with E-state index in [0.717, 1.165) is 12.8 Å². The Morgan fingerprint density at radius 3 is 2.33 bits per heavy atom. The highest BCUT2D eigenvalue weighted by Gasteiger charge is 2.40. The van der Waals surface area contributed by atoms with Crippen LogP contribution in [0.3, 0.4) is 0 Å². The lowest BCUT2D eigenvalue weighted by Crippen LogP contribution is -2.39. The van der Waals surface area contributed by atoms with Crippen molar-refractivity contribution < 1.29 is 9.13 Å². The summed E-state index contributed by atoms with van der Waals surface area (Å²) >= 11 is 0. The maximum atomic E-state index is 2.53. The highest BCUT2D eigenvalue weighted by atomic mass is 15.0. The monoisotopic (exact) mass is 598 g/mol. The number of rotatable bonds is 3. The van der Waals surface area contributed by atoms with Gasteiger partial charge in [0.05, 0.1) is 12.0 Å². The number of hydrogen-bond acceptors (Lipinski definition) is 0. The first-order chi connectivity index (χ1) is 22.1. The zero-order chi connectivity index (χ0) is 31.8. The Balaban J connectivity index is 1.29. The second-order valence-electron chi connectivity index (χ2n) is 14.7. The zero-order valence-corrected chi connectivity index (χ0v) is 27.9. The van der Waals surface area contributed by atoms with Gasteiger partial charge < -0.3 is 0 Å². The molecule has 0 unspecified atom stereocenters. The quantitative estimate of drug-likeness (QED) is 0.179. The summed E-state index contributed by atoms with van der Waals surface area (Å²) in [6.45, 7) is 11.8. The molecule has 8 rings (SSSR count). The van der Waals surface area contributed by atoms with E-state index < -0.39 is 0 Å². The Labute approximate surface area is 273 Å². The van der Waals surface area contributed by atoms with Gasteiger partial charge in [-0.1, -0.05) is 89.2 Å². The Hall–Kier alpha value is -4.82. The summed E-state index contributed by atoms with van der Waals surface area (Å²) in [5.74, 6) is 0. The van der Waals surface area contributed by atoms with Gasteiger partial charge in [0.2, 0.25) is 11.4 Å². The molecule has 2 nitrogen and oxygen atoms in total. The fourth-order valence-corrected chi connectivity index (χ4v) is 7.93. The smallest absolute Gasteiger partial charge is 0.201 e. The van der Waals surface area contributed by atoms with Crippen LogP contribution in [0.4, 0.5) is 0 Å². The predicted octanol–water partition coefficient (Wildman–Crippen LogP) is 9.53. The van der Waals surface area contributed by atoms with Crippen LogP contribution in [0.15, 0.2) is 122 Å². The molecule has 6 aromatic rings. The molecule has 0 bridgehead atoms. The molecule has 0 atom stereocenters. The van der Waals surface area contributed by atoms with Crippen molar-refractivity contribution in [3.63, 3.8) is 0 Å². The molecule has 0 N–H and O–H groups in total. The summed E-state index contributed by atoms with van der Waals surface area (Å²) < 4.78 is 4.67. The average molecular weight is 599 g/mol. The van der Waals surface area contributed by atoms with Crippen molar-refractivity contribution in [3.8, 4) is 33.6 Å².